The SMILES string of the molecule is COC(=O)C(COCc1ccccc1Br)NC(C)=O. The Morgan fingerprint density at radius 3 is 2.63 bits per heavy atom. The smallest absolute Gasteiger partial charge is 0.330 e. The molecule has 1 amide bonds. The highest BCUT2D eigenvalue weighted by Gasteiger charge is 2.20. The van der Waals surface area contributed by atoms with Gasteiger partial charge < -0.3 is 14.8 Å². The van der Waals surface area contributed by atoms with Crippen LogP contribution in [0.3, 0.4) is 0 Å². The topological polar surface area (TPSA) is 64.6 Å². The van der Waals surface area contributed by atoms with E-state index in [1.807, 2.05) is 24.3 Å². The number of esters is 1. The minimum atomic E-state index is -0.787. The Kier molecular flexibility index (Phi) is 6.52. The molecule has 0 bridgehead atoms. The van der Waals surface area contributed by atoms with Crippen molar-refractivity contribution in [3.05, 3.63) is 34.3 Å². The molecule has 0 saturated carbocycles. The molecule has 1 aromatic rings. The highest BCUT2D eigenvalue weighted by molar-refractivity contribution is 9.10. The molecule has 1 N–H and O–H groups in total. The maximum absolute atomic E-state index is 11.4. The fourth-order valence-corrected chi connectivity index (χ4v) is 1.86. The van der Waals surface area contributed by atoms with E-state index in [9.17, 15) is 9.59 Å². The molecule has 0 radical (unpaired) electrons. The van der Waals surface area contributed by atoms with Gasteiger partial charge in [0.1, 0.15) is 0 Å². The molecule has 0 aliphatic heterocycles. The Balaban J connectivity index is 2.50. The van der Waals surface area contributed by atoms with Crippen molar-refractivity contribution < 1.29 is 19.1 Å². The number of carbonyl (C=O) groups excluding carboxylic acids is 2. The quantitative estimate of drug-likeness (QED) is 0.806. The van der Waals surface area contributed by atoms with E-state index in [1.165, 1.54) is 14.0 Å². The van der Waals surface area contributed by atoms with Gasteiger partial charge in [-0.1, -0.05) is 34.1 Å². The van der Waals surface area contributed by atoms with Gasteiger partial charge in [-0.25, -0.2) is 4.79 Å². The van der Waals surface area contributed by atoms with Crippen molar-refractivity contribution in [2.75, 3.05) is 13.7 Å². The summed E-state index contributed by atoms with van der Waals surface area (Å²) < 4.78 is 11.0. The molecule has 1 rings (SSSR count). The Bertz CT molecular complexity index is 450. The molecule has 0 heterocycles. The fourth-order valence-electron chi connectivity index (χ4n) is 1.46. The number of methoxy groups -OCH3 is 1. The summed E-state index contributed by atoms with van der Waals surface area (Å²) in [6, 6.07) is 6.84. The molecular weight excluding hydrogens is 314 g/mol. The van der Waals surface area contributed by atoms with Crippen LogP contribution in [0.4, 0.5) is 0 Å². The maximum atomic E-state index is 11.4. The fraction of sp³-hybridized carbons (Fsp3) is 0.385. The summed E-state index contributed by atoms with van der Waals surface area (Å²) in [6.07, 6.45) is 0. The lowest BCUT2D eigenvalue weighted by Crippen LogP contribution is -2.43. The van der Waals surface area contributed by atoms with E-state index in [-0.39, 0.29) is 12.5 Å². The molecular formula is C13H16BrNO4. The number of rotatable bonds is 6. The summed E-state index contributed by atoms with van der Waals surface area (Å²) in [7, 11) is 1.27. The number of halogens is 1. The molecule has 0 fully saturated rings. The van der Waals surface area contributed by atoms with Crippen molar-refractivity contribution in [3.63, 3.8) is 0 Å². The van der Waals surface area contributed by atoms with Crippen LogP contribution in [0.15, 0.2) is 28.7 Å². The van der Waals surface area contributed by atoms with Gasteiger partial charge in [0.05, 0.1) is 20.3 Å². The van der Waals surface area contributed by atoms with Crippen molar-refractivity contribution in [1.29, 1.82) is 0 Å². The van der Waals surface area contributed by atoms with Crippen LogP contribution in [-0.4, -0.2) is 31.6 Å². The highest BCUT2D eigenvalue weighted by Crippen LogP contribution is 2.16. The third-order valence-electron chi connectivity index (χ3n) is 2.36. The zero-order valence-electron chi connectivity index (χ0n) is 10.8. The number of hydrogen-bond acceptors (Lipinski definition) is 4. The van der Waals surface area contributed by atoms with E-state index in [1.54, 1.807) is 0 Å². The van der Waals surface area contributed by atoms with Crippen molar-refractivity contribution in [1.82, 2.24) is 5.32 Å². The average molecular weight is 330 g/mol. The van der Waals surface area contributed by atoms with Crippen LogP contribution >= 0.6 is 15.9 Å². The van der Waals surface area contributed by atoms with Gasteiger partial charge in [-0.15, -0.1) is 0 Å². The van der Waals surface area contributed by atoms with E-state index < -0.39 is 12.0 Å². The standard InChI is InChI=1S/C13H16BrNO4/c1-9(16)15-12(13(17)18-2)8-19-7-10-5-3-4-6-11(10)14/h3-6,12H,7-8H2,1-2H3,(H,15,16). The molecule has 5 nitrogen and oxygen atoms in total. The van der Waals surface area contributed by atoms with E-state index >= 15 is 0 Å². The van der Waals surface area contributed by atoms with E-state index in [0.29, 0.717) is 6.61 Å². The number of ether oxygens (including phenoxy) is 2. The van der Waals surface area contributed by atoms with Gasteiger partial charge in [-0.2, -0.15) is 0 Å². The number of amides is 1. The first-order valence-electron chi connectivity index (χ1n) is 5.70. The van der Waals surface area contributed by atoms with Crippen LogP contribution in [0.1, 0.15) is 12.5 Å². The minimum Gasteiger partial charge on any atom is -0.467 e. The number of hydrogen-bond donors (Lipinski definition) is 1. The molecule has 104 valence electrons. The molecule has 0 spiro atoms. The van der Waals surface area contributed by atoms with Gasteiger partial charge in [-0.3, -0.25) is 4.79 Å². The van der Waals surface area contributed by atoms with Gasteiger partial charge >= 0.3 is 5.97 Å². The Hall–Kier alpha value is -1.40. The Morgan fingerprint density at radius 1 is 1.37 bits per heavy atom. The highest BCUT2D eigenvalue weighted by atomic mass is 79.9. The molecule has 1 unspecified atom stereocenters. The lowest BCUT2D eigenvalue weighted by molar-refractivity contribution is -0.146. The van der Waals surface area contributed by atoms with Gasteiger partial charge in [0.2, 0.25) is 5.91 Å². The van der Waals surface area contributed by atoms with Crippen molar-refractivity contribution >= 4 is 27.8 Å². The van der Waals surface area contributed by atoms with E-state index in [0.717, 1.165) is 10.0 Å². The number of benzene rings is 1. The van der Waals surface area contributed by atoms with Crippen LogP contribution in [-0.2, 0) is 25.7 Å². The molecule has 6 heteroatoms. The second-order valence-electron chi connectivity index (χ2n) is 3.88. The molecule has 1 atom stereocenters. The number of nitrogens with one attached hydrogen (secondary N) is 1. The third kappa shape index (κ3) is 5.40. The third-order valence-corrected chi connectivity index (χ3v) is 3.14. The maximum Gasteiger partial charge on any atom is 0.330 e. The zero-order chi connectivity index (χ0) is 14.3. The first-order chi connectivity index (χ1) is 9.04. The zero-order valence-corrected chi connectivity index (χ0v) is 12.4. The normalized spacial score (nSPS) is 11.7. The molecule has 0 aliphatic carbocycles. The lowest BCUT2D eigenvalue weighted by atomic mass is 10.2. The largest absolute Gasteiger partial charge is 0.467 e. The molecule has 0 saturated heterocycles. The summed E-state index contributed by atoms with van der Waals surface area (Å²) >= 11 is 3.41. The predicted molar refractivity (Wildman–Crippen MR) is 73.4 cm³/mol. The summed E-state index contributed by atoms with van der Waals surface area (Å²) in [5, 5.41) is 2.48. The summed E-state index contributed by atoms with van der Waals surface area (Å²) in [4.78, 5) is 22.4. The molecule has 0 aliphatic rings. The molecule has 1 aromatic carbocycles. The first kappa shape index (κ1) is 15.7. The van der Waals surface area contributed by atoms with Gasteiger partial charge in [0.25, 0.3) is 0 Å². The second-order valence-corrected chi connectivity index (χ2v) is 4.74. The second kappa shape index (κ2) is 7.91. The van der Waals surface area contributed by atoms with E-state index in [2.05, 4.69) is 26.0 Å². The van der Waals surface area contributed by atoms with Crippen molar-refractivity contribution in [3.8, 4) is 0 Å². The predicted octanol–water partition coefficient (Wildman–Crippen LogP) is 1.64. The minimum absolute atomic E-state index is 0.0631. The van der Waals surface area contributed by atoms with Gasteiger partial charge in [-0.05, 0) is 11.6 Å². The van der Waals surface area contributed by atoms with Crippen LogP contribution < -0.4 is 5.32 Å². The van der Waals surface area contributed by atoms with Gasteiger partial charge in [0, 0.05) is 11.4 Å². The molecule has 19 heavy (non-hydrogen) atoms. The Morgan fingerprint density at radius 2 is 2.05 bits per heavy atom. The summed E-state index contributed by atoms with van der Waals surface area (Å²) in [5.74, 6) is -0.831. The van der Waals surface area contributed by atoms with Crippen molar-refractivity contribution in [2.24, 2.45) is 0 Å². The van der Waals surface area contributed by atoms with E-state index in [4.69, 9.17) is 4.74 Å². The lowest BCUT2D eigenvalue weighted by Gasteiger charge is -2.15. The van der Waals surface area contributed by atoms with Crippen molar-refractivity contribution in [2.45, 2.75) is 19.6 Å². The average Bonchev–Trinajstić information content (AvgIpc) is 2.38. The van der Waals surface area contributed by atoms with Gasteiger partial charge in [0.15, 0.2) is 6.04 Å². The van der Waals surface area contributed by atoms with Crippen LogP contribution in [0.5, 0.6) is 0 Å². The van der Waals surface area contributed by atoms with Crippen LogP contribution in [0.25, 0.3) is 0 Å². The monoisotopic (exact) mass is 329 g/mol. The van der Waals surface area contributed by atoms with Crippen LogP contribution in [0, 0.1) is 0 Å². The number of carbonyl (C=O) groups is 2. The van der Waals surface area contributed by atoms with Crippen LogP contribution in [0.2, 0.25) is 0 Å². The Labute approximate surface area is 120 Å². The molecule has 0 aromatic heterocycles. The summed E-state index contributed by atoms with van der Waals surface area (Å²) in [6.45, 7) is 1.74. The first-order valence-corrected chi connectivity index (χ1v) is 6.50. The summed E-state index contributed by atoms with van der Waals surface area (Å²) in [5.41, 5.74) is 0.967.